The Balaban J connectivity index is 1.78. The highest BCUT2D eigenvalue weighted by atomic mass is 16.5. The second kappa shape index (κ2) is 6.13. The third kappa shape index (κ3) is 2.83. The van der Waals surface area contributed by atoms with Gasteiger partial charge in [-0.2, -0.15) is 0 Å². The van der Waals surface area contributed by atoms with Crippen molar-refractivity contribution >= 4 is 11.7 Å². The average molecular weight is 293 g/mol. The molecule has 1 aromatic carbocycles. The largest absolute Gasteiger partial charge is 0.493 e. The molecule has 0 spiro atoms. The van der Waals surface area contributed by atoms with Crippen molar-refractivity contribution in [3.63, 3.8) is 0 Å². The molecule has 1 amide bonds. The molecule has 2 heterocycles. The Labute approximate surface area is 128 Å². The number of nitrogens with zero attached hydrogens (tertiary/aromatic N) is 2. The first-order valence-electron chi connectivity index (χ1n) is 6.82. The average Bonchev–Trinajstić information content (AvgIpc) is 3.10. The molecule has 0 bridgehead atoms. The Morgan fingerprint density at radius 2 is 1.82 bits per heavy atom. The van der Waals surface area contributed by atoms with Crippen molar-refractivity contribution in [2.45, 2.75) is 0 Å². The standard InChI is InChI=1S/C17H15N3O2/c1-22-15-5-4-10-18-16(15)19-17(21)13-6-8-14(9-7-13)20-11-2-3-12-20/h2-12H,1H3,(H,18,19,21). The normalized spacial score (nSPS) is 10.2. The van der Waals surface area contributed by atoms with Crippen molar-refractivity contribution < 1.29 is 9.53 Å². The van der Waals surface area contributed by atoms with E-state index in [1.807, 2.05) is 41.2 Å². The number of methoxy groups -OCH3 is 1. The first-order chi connectivity index (χ1) is 10.8. The van der Waals surface area contributed by atoms with Crippen molar-refractivity contribution in [1.82, 2.24) is 9.55 Å². The fraction of sp³-hybridized carbons (Fsp3) is 0.0588. The van der Waals surface area contributed by atoms with E-state index >= 15 is 0 Å². The predicted octanol–water partition coefficient (Wildman–Crippen LogP) is 3.13. The number of hydrogen-bond acceptors (Lipinski definition) is 3. The van der Waals surface area contributed by atoms with Crippen LogP contribution in [0.5, 0.6) is 5.75 Å². The molecule has 0 aliphatic rings. The van der Waals surface area contributed by atoms with E-state index in [9.17, 15) is 4.79 Å². The smallest absolute Gasteiger partial charge is 0.256 e. The van der Waals surface area contributed by atoms with Crippen LogP contribution in [0.15, 0.2) is 67.1 Å². The third-order valence-corrected chi connectivity index (χ3v) is 3.25. The highest BCUT2D eigenvalue weighted by molar-refractivity contribution is 6.04. The molecule has 0 atom stereocenters. The summed E-state index contributed by atoms with van der Waals surface area (Å²) in [7, 11) is 1.54. The number of pyridine rings is 1. The number of carbonyl (C=O) groups is 1. The number of nitrogens with one attached hydrogen (secondary N) is 1. The van der Waals surface area contributed by atoms with Gasteiger partial charge in [0.25, 0.3) is 5.91 Å². The fourth-order valence-corrected chi connectivity index (χ4v) is 2.12. The van der Waals surface area contributed by atoms with Gasteiger partial charge in [-0.25, -0.2) is 4.98 Å². The zero-order chi connectivity index (χ0) is 15.4. The molecule has 0 unspecified atom stereocenters. The molecule has 0 radical (unpaired) electrons. The van der Waals surface area contributed by atoms with E-state index in [4.69, 9.17) is 4.74 Å². The van der Waals surface area contributed by atoms with E-state index in [0.29, 0.717) is 17.1 Å². The van der Waals surface area contributed by atoms with Crippen LogP contribution >= 0.6 is 0 Å². The van der Waals surface area contributed by atoms with E-state index in [-0.39, 0.29) is 5.91 Å². The summed E-state index contributed by atoms with van der Waals surface area (Å²) in [5, 5.41) is 2.75. The highest BCUT2D eigenvalue weighted by Gasteiger charge is 2.10. The second-order valence-electron chi connectivity index (χ2n) is 4.65. The van der Waals surface area contributed by atoms with Crippen molar-refractivity contribution in [2.24, 2.45) is 0 Å². The molecule has 3 rings (SSSR count). The maximum atomic E-state index is 12.3. The number of benzene rings is 1. The number of ether oxygens (including phenoxy) is 1. The van der Waals surface area contributed by atoms with Crippen LogP contribution in [-0.2, 0) is 0 Å². The van der Waals surface area contributed by atoms with Crippen molar-refractivity contribution in [3.8, 4) is 11.4 Å². The molecule has 0 fully saturated rings. The van der Waals surface area contributed by atoms with E-state index in [1.165, 1.54) is 0 Å². The summed E-state index contributed by atoms with van der Waals surface area (Å²) in [4.78, 5) is 16.4. The van der Waals surface area contributed by atoms with Crippen LogP contribution in [0, 0.1) is 0 Å². The van der Waals surface area contributed by atoms with E-state index < -0.39 is 0 Å². The molecule has 0 saturated carbocycles. The Bertz CT molecular complexity index is 765. The molecular weight excluding hydrogens is 278 g/mol. The number of rotatable bonds is 4. The van der Waals surface area contributed by atoms with Crippen LogP contribution in [0.4, 0.5) is 5.82 Å². The second-order valence-corrected chi connectivity index (χ2v) is 4.65. The first kappa shape index (κ1) is 13.9. The highest BCUT2D eigenvalue weighted by Crippen LogP contribution is 2.21. The number of amides is 1. The molecule has 5 nitrogen and oxygen atoms in total. The maximum absolute atomic E-state index is 12.3. The Hall–Kier alpha value is -3.08. The summed E-state index contributed by atoms with van der Waals surface area (Å²) in [5.41, 5.74) is 1.56. The summed E-state index contributed by atoms with van der Waals surface area (Å²) in [6.07, 6.45) is 5.51. The Morgan fingerprint density at radius 3 is 2.50 bits per heavy atom. The van der Waals surface area contributed by atoms with Crippen LogP contribution in [0.3, 0.4) is 0 Å². The lowest BCUT2D eigenvalue weighted by atomic mass is 10.2. The summed E-state index contributed by atoms with van der Waals surface area (Å²) >= 11 is 0. The molecule has 22 heavy (non-hydrogen) atoms. The fourth-order valence-electron chi connectivity index (χ4n) is 2.12. The minimum absolute atomic E-state index is 0.226. The quantitative estimate of drug-likeness (QED) is 0.804. The lowest BCUT2D eigenvalue weighted by molar-refractivity contribution is 0.102. The predicted molar refractivity (Wildman–Crippen MR) is 84.5 cm³/mol. The molecule has 5 heteroatoms. The number of carbonyl (C=O) groups excluding carboxylic acids is 1. The summed E-state index contributed by atoms with van der Waals surface area (Å²) < 4.78 is 7.15. The molecular formula is C17H15N3O2. The van der Waals surface area contributed by atoms with Crippen LogP contribution in [0.2, 0.25) is 0 Å². The van der Waals surface area contributed by atoms with Gasteiger partial charge in [0.2, 0.25) is 0 Å². The lowest BCUT2D eigenvalue weighted by Gasteiger charge is -2.09. The summed E-state index contributed by atoms with van der Waals surface area (Å²) in [5.74, 6) is 0.709. The summed E-state index contributed by atoms with van der Waals surface area (Å²) in [6.45, 7) is 0. The van der Waals surface area contributed by atoms with Gasteiger partial charge in [0.1, 0.15) is 0 Å². The van der Waals surface area contributed by atoms with E-state index in [2.05, 4.69) is 10.3 Å². The van der Waals surface area contributed by atoms with Gasteiger partial charge >= 0.3 is 0 Å². The van der Waals surface area contributed by atoms with E-state index in [1.54, 1.807) is 37.6 Å². The first-order valence-corrected chi connectivity index (χ1v) is 6.82. The minimum Gasteiger partial charge on any atom is -0.493 e. The zero-order valence-electron chi connectivity index (χ0n) is 12.1. The lowest BCUT2D eigenvalue weighted by Crippen LogP contribution is -2.13. The van der Waals surface area contributed by atoms with Crippen molar-refractivity contribution in [2.75, 3.05) is 12.4 Å². The van der Waals surface area contributed by atoms with Gasteiger partial charge in [-0.1, -0.05) is 0 Å². The zero-order valence-corrected chi connectivity index (χ0v) is 12.1. The topological polar surface area (TPSA) is 56.1 Å². The van der Waals surface area contributed by atoms with Crippen LogP contribution in [-0.4, -0.2) is 22.6 Å². The molecule has 0 aliphatic carbocycles. The van der Waals surface area contributed by atoms with Gasteiger partial charge in [0.05, 0.1) is 7.11 Å². The van der Waals surface area contributed by atoms with Gasteiger partial charge in [-0.15, -0.1) is 0 Å². The summed E-state index contributed by atoms with van der Waals surface area (Å²) in [6, 6.07) is 14.7. The van der Waals surface area contributed by atoms with Crippen LogP contribution < -0.4 is 10.1 Å². The third-order valence-electron chi connectivity index (χ3n) is 3.25. The van der Waals surface area contributed by atoms with Gasteiger partial charge in [-0.3, -0.25) is 4.79 Å². The number of anilines is 1. The number of aromatic nitrogens is 2. The van der Waals surface area contributed by atoms with Gasteiger partial charge in [0.15, 0.2) is 11.6 Å². The SMILES string of the molecule is COc1cccnc1NC(=O)c1ccc(-n2cccc2)cc1. The Morgan fingerprint density at radius 1 is 1.09 bits per heavy atom. The van der Waals surface area contributed by atoms with E-state index in [0.717, 1.165) is 5.69 Å². The molecule has 1 N–H and O–H groups in total. The Kier molecular flexibility index (Phi) is 3.87. The van der Waals surface area contributed by atoms with Gasteiger partial charge < -0.3 is 14.6 Å². The van der Waals surface area contributed by atoms with Gasteiger partial charge in [0, 0.05) is 29.8 Å². The molecule has 2 aromatic heterocycles. The maximum Gasteiger partial charge on any atom is 0.256 e. The van der Waals surface area contributed by atoms with Crippen LogP contribution in [0.1, 0.15) is 10.4 Å². The van der Waals surface area contributed by atoms with Crippen molar-refractivity contribution in [1.29, 1.82) is 0 Å². The number of hydrogen-bond donors (Lipinski definition) is 1. The molecule has 0 aliphatic heterocycles. The molecule has 3 aromatic rings. The van der Waals surface area contributed by atoms with Gasteiger partial charge in [-0.05, 0) is 48.5 Å². The van der Waals surface area contributed by atoms with Crippen molar-refractivity contribution in [3.05, 3.63) is 72.7 Å². The molecule has 0 saturated heterocycles. The van der Waals surface area contributed by atoms with Crippen LogP contribution in [0.25, 0.3) is 5.69 Å². The molecule has 110 valence electrons. The monoisotopic (exact) mass is 293 g/mol. The minimum atomic E-state index is -0.226.